The van der Waals surface area contributed by atoms with Crippen molar-refractivity contribution in [3.63, 3.8) is 0 Å². The Kier molecular flexibility index (Phi) is 2.89. The highest BCUT2D eigenvalue weighted by molar-refractivity contribution is 5.66. The highest BCUT2D eigenvalue weighted by Gasteiger charge is 2.71. The van der Waals surface area contributed by atoms with Crippen molar-refractivity contribution in [1.82, 2.24) is 0 Å². The summed E-state index contributed by atoms with van der Waals surface area (Å²) in [5, 5.41) is 10.8. The van der Waals surface area contributed by atoms with Crippen molar-refractivity contribution in [2.45, 2.75) is 59.2 Å². The van der Waals surface area contributed by atoms with E-state index in [1.807, 2.05) is 0 Å². The van der Waals surface area contributed by atoms with Gasteiger partial charge in [0.1, 0.15) is 6.10 Å². The molecule has 4 saturated carbocycles. The lowest BCUT2D eigenvalue weighted by molar-refractivity contribution is -0.237. The fourth-order valence-electron chi connectivity index (χ4n) is 5.63. The summed E-state index contributed by atoms with van der Waals surface area (Å²) < 4.78 is 5.35. The van der Waals surface area contributed by atoms with Gasteiger partial charge in [-0.1, -0.05) is 33.8 Å². The minimum Gasteiger partial charge on any atom is -0.455 e. The Morgan fingerprint density at radius 3 is 2.50 bits per heavy atom. The molecule has 0 radical (unpaired) electrons. The maximum absolute atomic E-state index is 11.3. The minimum absolute atomic E-state index is 0.144. The van der Waals surface area contributed by atoms with Crippen LogP contribution in [0.5, 0.6) is 0 Å². The van der Waals surface area contributed by atoms with Crippen LogP contribution >= 0.6 is 0 Å². The second-order valence-corrected chi connectivity index (χ2v) is 7.97. The molecule has 0 aromatic heterocycles. The number of ether oxygens (including phenoxy) is 1. The first-order valence-electron chi connectivity index (χ1n) is 7.74. The topological polar surface area (TPSA) is 46.5 Å². The minimum atomic E-state index is -0.594. The monoisotopic (exact) mass is 278 g/mol. The highest BCUT2D eigenvalue weighted by atomic mass is 16.6. The Morgan fingerprint density at radius 1 is 1.30 bits per heavy atom. The summed E-state index contributed by atoms with van der Waals surface area (Å²) in [6.07, 6.45) is 2.47. The second kappa shape index (κ2) is 4.09. The summed E-state index contributed by atoms with van der Waals surface area (Å²) in [6.45, 7) is 12.5. The molecule has 0 spiro atoms. The van der Waals surface area contributed by atoms with Gasteiger partial charge in [-0.3, -0.25) is 4.79 Å². The molecule has 4 aliphatic carbocycles. The van der Waals surface area contributed by atoms with Crippen molar-refractivity contribution in [2.75, 3.05) is 0 Å². The van der Waals surface area contributed by atoms with Crippen molar-refractivity contribution >= 4 is 5.97 Å². The van der Waals surface area contributed by atoms with Gasteiger partial charge in [0.25, 0.3) is 0 Å². The van der Waals surface area contributed by atoms with E-state index in [4.69, 9.17) is 4.74 Å². The first-order chi connectivity index (χ1) is 9.20. The van der Waals surface area contributed by atoms with Crippen LogP contribution in [0.3, 0.4) is 0 Å². The molecule has 0 amide bonds. The van der Waals surface area contributed by atoms with Gasteiger partial charge in [0.15, 0.2) is 0 Å². The Hall–Kier alpha value is -0.830. The van der Waals surface area contributed by atoms with Crippen LogP contribution in [0.2, 0.25) is 0 Å². The molecule has 0 heterocycles. The van der Waals surface area contributed by atoms with Crippen molar-refractivity contribution in [1.29, 1.82) is 0 Å². The van der Waals surface area contributed by atoms with Crippen LogP contribution in [0.25, 0.3) is 0 Å². The summed E-state index contributed by atoms with van der Waals surface area (Å²) in [7, 11) is 0. The van der Waals surface area contributed by atoms with Gasteiger partial charge in [-0.2, -0.15) is 0 Å². The van der Waals surface area contributed by atoms with E-state index in [2.05, 4.69) is 27.4 Å². The molecule has 4 bridgehead atoms. The van der Waals surface area contributed by atoms with Gasteiger partial charge < -0.3 is 9.84 Å². The number of rotatable bonds is 1. The zero-order valence-corrected chi connectivity index (χ0v) is 13.0. The maximum atomic E-state index is 11.3. The van der Waals surface area contributed by atoms with Gasteiger partial charge >= 0.3 is 5.97 Å². The molecule has 4 fully saturated rings. The molecule has 4 aliphatic rings. The molecule has 6 atom stereocenters. The smallest absolute Gasteiger partial charge is 0.303 e. The van der Waals surface area contributed by atoms with Gasteiger partial charge in [-0.25, -0.2) is 0 Å². The van der Waals surface area contributed by atoms with Gasteiger partial charge in [0.05, 0.1) is 6.10 Å². The standard InChI is InChI=1S/C17H26O3/c1-9-11-12-13(14(19)15(9)20-10(2)18)17(11,5)8-6-7-16(12,3)4/h11-15,19H,1,6-8H2,2-5H3/t11-,12+,13-,14-,15-,17+/m1/s1. The number of esters is 1. The van der Waals surface area contributed by atoms with Crippen molar-refractivity contribution in [3.05, 3.63) is 12.2 Å². The molecule has 3 nitrogen and oxygen atoms in total. The zero-order valence-electron chi connectivity index (χ0n) is 13.0. The Bertz CT molecular complexity index is 467. The molecule has 20 heavy (non-hydrogen) atoms. The molecule has 0 saturated heterocycles. The van der Waals surface area contributed by atoms with E-state index in [0.717, 1.165) is 12.0 Å². The average Bonchev–Trinajstić information content (AvgIpc) is 2.47. The van der Waals surface area contributed by atoms with E-state index < -0.39 is 12.2 Å². The molecule has 112 valence electrons. The molecule has 0 aromatic carbocycles. The normalized spacial score (nSPS) is 49.0. The largest absolute Gasteiger partial charge is 0.455 e. The molecule has 4 rings (SSSR count). The Morgan fingerprint density at radius 2 is 1.95 bits per heavy atom. The Labute approximate surface area is 121 Å². The average molecular weight is 278 g/mol. The van der Waals surface area contributed by atoms with Crippen LogP contribution in [-0.2, 0) is 9.53 Å². The lowest BCUT2D eigenvalue weighted by Crippen LogP contribution is -2.70. The molecule has 0 aromatic rings. The summed E-state index contributed by atoms with van der Waals surface area (Å²) in [5.41, 5.74) is 1.32. The van der Waals surface area contributed by atoms with E-state index in [0.29, 0.717) is 11.8 Å². The summed E-state index contributed by atoms with van der Waals surface area (Å²) in [4.78, 5) is 11.3. The van der Waals surface area contributed by atoms with Gasteiger partial charge in [-0.05, 0) is 47.0 Å². The first-order valence-corrected chi connectivity index (χ1v) is 7.74. The maximum Gasteiger partial charge on any atom is 0.303 e. The summed E-state index contributed by atoms with van der Waals surface area (Å²) in [5.74, 6) is 0.769. The van der Waals surface area contributed by atoms with Crippen LogP contribution in [0.1, 0.15) is 47.0 Å². The number of aliphatic hydroxyl groups is 1. The molecular formula is C17H26O3. The number of fused-ring (bicyclic) bond motifs is 2. The van der Waals surface area contributed by atoms with Crippen molar-refractivity contribution in [3.8, 4) is 0 Å². The fourth-order valence-corrected chi connectivity index (χ4v) is 5.63. The van der Waals surface area contributed by atoms with Crippen molar-refractivity contribution in [2.24, 2.45) is 28.6 Å². The summed E-state index contributed by atoms with van der Waals surface area (Å²) in [6, 6.07) is 0. The first kappa shape index (κ1) is 14.1. The lowest BCUT2D eigenvalue weighted by Gasteiger charge is -2.69. The number of carbonyl (C=O) groups is 1. The van der Waals surface area contributed by atoms with Crippen LogP contribution < -0.4 is 0 Å². The van der Waals surface area contributed by atoms with Gasteiger partial charge in [0.2, 0.25) is 0 Å². The number of hydrogen-bond acceptors (Lipinski definition) is 3. The number of aliphatic hydroxyl groups excluding tert-OH is 1. The second-order valence-electron chi connectivity index (χ2n) is 7.97. The molecule has 0 aliphatic heterocycles. The van der Waals surface area contributed by atoms with Crippen molar-refractivity contribution < 1.29 is 14.6 Å². The van der Waals surface area contributed by atoms with Gasteiger partial charge in [0, 0.05) is 6.92 Å². The van der Waals surface area contributed by atoms with E-state index in [9.17, 15) is 9.90 Å². The third kappa shape index (κ3) is 1.59. The molecular weight excluding hydrogens is 252 g/mol. The van der Waals surface area contributed by atoms with Crippen LogP contribution in [-0.4, -0.2) is 23.3 Å². The van der Waals surface area contributed by atoms with Crippen LogP contribution in [0.4, 0.5) is 0 Å². The van der Waals surface area contributed by atoms with E-state index >= 15 is 0 Å². The van der Waals surface area contributed by atoms with Gasteiger partial charge in [-0.15, -0.1) is 0 Å². The van der Waals surface area contributed by atoms with Crippen LogP contribution in [0, 0.1) is 28.6 Å². The highest BCUT2D eigenvalue weighted by Crippen LogP contribution is 2.73. The van der Waals surface area contributed by atoms with E-state index in [-0.39, 0.29) is 22.7 Å². The lowest BCUT2D eigenvalue weighted by atomic mass is 9.36. The number of carbonyl (C=O) groups excluding carboxylic acids is 1. The third-order valence-electron chi connectivity index (χ3n) is 6.39. The van der Waals surface area contributed by atoms with Crippen LogP contribution in [0.15, 0.2) is 12.2 Å². The Balaban J connectivity index is 1.98. The SMILES string of the molecule is C=C1[C@@H](OC(C)=O)[C@H](O)[C@H]2[C@@H]3[C@@H]1[C@]2(C)CCCC3(C)C. The molecule has 0 unspecified atom stereocenters. The third-order valence-corrected chi connectivity index (χ3v) is 6.39. The predicted molar refractivity (Wildman–Crippen MR) is 76.9 cm³/mol. The zero-order chi connectivity index (χ0) is 14.9. The van der Waals surface area contributed by atoms with E-state index in [1.165, 1.54) is 19.8 Å². The fraction of sp³-hybridized carbons (Fsp3) is 0.824. The van der Waals surface area contributed by atoms with E-state index in [1.54, 1.807) is 0 Å². The predicted octanol–water partition coefficient (Wildman–Crippen LogP) is 2.93. The number of hydrogen-bond donors (Lipinski definition) is 1. The summed E-state index contributed by atoms with van der Waals surface area (Å²) >= 11 is 0. The molecule has 3 heteroatoms. The molecule has 1 N–H and O–H groups in total. The quantitative estimate of drug-likeness (QED) is 0.592.